The molecule has 1 heterocycles. The highest BCUT2D eigenvalue weighted by molar-refractivity contribution is 5.80. The maximum atomic E-state index is 5.52. The first-order valence-corrected chi connectivity index (χ1v) is 10.3. The number of guanidine groups is 1. The van der Waals surface area contributed by atoms with E-state index in [4.69, 9.17) is 18.9 Å². The second-order valence-electron chi connectivity index (χ2n) is 7.19. The van der Waals surface area contributed by atoms with E-state index in [9.17, 15) is 0 Å². The first-order chi connectivity index (χ1) is 15.1. The van der Waals surface area contributed by atoms with E-state index < -0.39 is 0 Å². The molecule has 2 aromatic carbocycles. The maximum Gasteiger partial charge on any atom is 0.191 e. The molecule has 0 saturated carbocycles. The van der Waals surface area contributed by atoms with E-state index in [0.717, 1.165) is 48.2 Å². The Hall–Kier alpha value is -3.29. The Bertz CT molecular complexity index is 903. The van der Waals surface area contributed by atoms with Crippen LogP contribution in [-0.2, 0) is 6.54 Å². The second kappa shape index (κ2) is 10.7. The van der Waals surface area contributed by atoms with Crippen LogP contribution in [-0.4, -0.2) is 60.6 Å². The molecule has 1 aliphatic rings. The summed E-state index contributed by atoms with van der Waals surface area (Å²) in [5.41, 5.74) is 2.07. The van der Waals surface area contributed by atoms with E-state index in [1.54, 1.807) is 35.5 Å². The number of nitrogens with zero attached hydrogens (tertiary/aromatic N) is 2. The average Bonchev–Trinajstić information content (AvgIpc) is 3.29. The van der Waals surface area contributed by atoms with E-state index in [2.05, 4.69) is 26.6 Å². The molecule has 0 amide bonds. The van der Waals surface area contributed by atoms with Crippen molar-refractivity contribution in [1.29, 1.82) is 0 Å². The molecular formula is C23H32N4O4. The molecule has 31 heavy (non-hydrogen) atoms. The zero-order valence-corrected chi connectivity index (χ0v) is 18.9. The number of hydrogen-bond acceptors (Lipinski definition) is 6. The fourth-order valence-electron chi connectivity index (χ4n) is 3.79. The van der Waals surface area contributed by atoms with Crippen molar-refractivity contribution in [2.45, 2.75) is 19.0 Å². The monoisotopic (exact) mass is 428 g/mol. The number of rotatable bonds is 8. The van der Waals surface area contributed by atoms with Crippen molar-refractivity contribution < 1.29 is 18.9 Å². The van der Waals surface area contributed by atoms with E-state index in [0.29, 0.717) is 18.0 Å². The zero-order valence-electron chi connectivity index (χ0n) is 18.9. The lowest BCUT2D eigenvalue weighted by Gasteiger charge is -2.22. The Labute approximate surface area is 184 Å². The van der Waals surface area contributed by atoms with Gasteiger partial charge in [0.25, 0.3) is 0 Å². The normalized spacial score (nSPS) is 16.1. The van der Waals surface area contributed by atoms with Crippen LogP contribution in [0.4, 0.5) is 5.69 Å². The summed E-state index contributed by atoms with van der Waals surface area (Å²) in [4.78, 5) is 6.72. The third-order valence-corrected chi connectivity index (χ3v) is 5.41. The number of benzene rings is 2. The van der Waals surface area contributed by atoms with Crippen molar-refractivity contribution in [2.75, 3.05) is 53.5 Å². The highest BCUT2D eigenvalue weighted by Gasteiger charge is 2.25. The van der Waals surface area contributed by atoms with Gasteiger partial charge in [0.1, 0.15) is 11.5 Å². The van der Waals surface area contributed by atoms with Gasteiger partial charge >= 0.3 is 0 Å². The Morgan fingerprint density at radius 3 is 2.32 bits per heavy atom. The molecule has 2 aromatic rings. The predicted octanol–water partition coefficient (Wildman–Crippen LogP) is 2.66. The summed E-state index contributed by atoms with van der Waals surface area (Å²) in [6.45, 7) is 2.37. The number of anilines is 1. The number of nitrogens with one attached hydrogen (secondary N) is 2. The quantitative estimate of drug-likeness (QED) is 0.494. The minimum atomic E-state index is 0.281. The fourth-order valence-corrected chi connectivity index (χ4v) is 3.79. The lowest BCUT2D eigenvalue weighted by molar-refractivity contribution is 0.347. The van der Waals surface area contributed by atoms with Gasteiger partial charge in [-0.05, 0) is 24.6 Å². The maximum absolute atomic E-state index is 5.52. The summed E-state index contributed by atoms with van der Waals surface area (Å²) in [6.07, 6.45) is 1.01. The highest BCUT2D eigenvalue weighted by atomic mass is 16.5. The summed E-state index contributed by atoms with van der Waals surface area (Å²) in [6, 6.07) is 12.1. The van der Waals surface area contributed by atoms with Crippen LogP contribution >= 0.6 is 0 Å². The molecule has 0 aliphatic carbocycles. The summed E-state index contributed by atoms with van der Waals surface area (Å²) in [7, 11) is 8.35. The summed E-state index contributed by atoms with van der Waals surface area (Å²) in [5, 5.41) is 6.89. The summed E-state index contributed by atoms with van der Waals surface area (Å²) in [5.74, 6) is 3.65. The van der Waals surface area contributed by atoms with Crippen LogP contribution in [0.2, 0.25) is 0 Å². The Balaban J connectivity index is 1.62. The smallest absolute Gasteiger partial charge is 0.191 e. The van der Waals surface area contributed by atoms with Gasteiger partial charge in [-0.1, -0.05) is 12.1 Å². The Morgan fingerprint density at radius 1 is 0.968 bits per heavy atom. The zero-order chi connectivity index (χ0) is 22.2. The van der Waals surface area contributed by atoms with Crippen molar-refractivity contribution in [3.8, 4) is 23.0 Å². The topological polar surface area (TPSA) is 76.6 Å². The van der Waals surface area contributed by atoms with Crippen molar-refractivity contribution in [3.05, 3.63) is 42.0 Å². The SMILES string of the molecule is CN=C(NCc1cc(OC)c(OC)cc1OC)NC1CCN(c2ccccc2OC)C1. The molecule has 2 N–H and O–H groups in total. The van der Waals surface area contributed by atoms with Crippen molar-refractivity contribution in [3.63, 3.8) is 0 Å². The fraction of sp³-hybridized carbons (Fsp3) is 0.435. The van der Waals surface area contributed by atoms with Crippen LogP contribution in [0.5, 0.6) is 23.0 Å². The number of methoxy groups -OCH3 is 4. The van der Waals surface area contributed by atoms with Gasteiger partial charge < -0.3 is 34.5 Å². The minimum Gasteiger partial charge on any atom is -0.496 e. The average molecular weight is 429 g/mol. The molecule has 8 heteroatoms. The lowest BCUT2D eigenvalue weighted by atomic mass is 10.1. The van der Waals surface area contributed by atoms with Crippen molar-refractivity contribution >= 4 is 11.6 Å². The third-order valence-electron chi connectivity index (χ3n) is 5.41. The van der Waals surface area contributed by atoms with Gasteiger partial charge in [-0.3, -0.25) is 4.99 Å². The van der Waals surface area contributed by atoms with Gasteiger partial charge in [0.05, 0.1) is 34.1 Å². The second-order valence-corrected chi connectivity index (χ2v) is 7.19. The van der Waals surface area contributed by atoms with E-state index in [1.165, 1.54) is 0 Å². The van der Waals surface area contributed by atoms with Crippen LogP contribution in [0.1, 0.15) is 12.0 Å². The number of ether oxygens (including phenoxy) is 4. The number of hydrogen-bond donors (Lipinski definition) is 2. The lowest BCUT2D eigenvalue weighted by Crippen LogP contribution is -2.44. The van der Waals surface area contributed by atoms with Gasteiger partial charge in [-0.25, -0.2) is 0 Å². The first kappa shape index (κ1) is 22.4. The molecule has 168 valence electrons. The molecule has 1 saturated heterocycles. The van der Waals surface area contributed by atoms with E-state index in [1.807, 2.05) is 30.3 Å². The van der Waals surface area contributed by atoms with Crippen LogP contribution in [0.15, 0.2) is 41.4 Å². The third kappa shape index (κ3) is 5.25. The molecule has 0 spiro atoms. The largest absolute Gasteiger partial charge is 0.496 e. The molecular weight excluding hydrogens is 396 g/mol. The molecule has 1 atom stereocenters. The highest BCUT2D eigenvalue weighted by Crippen LogP contribution is 2.34. The molecule has 1 fully saturated rings. The first-order valence-electron chi connectivity index (χ1n) is 10.3. The summed E-state index contributed by atoms with van der Waals surface area (Å²) >= 11 is 0. The predicted molar refractivity (Wildman–Crippen MR) is 123 cm³/mol. The van der Waals surface area contributed by atoms with E-state index >= 15 is 0 Å². The van der Waals surface area contributed by atoms with Crippen molar-refractivity contribution in [1.82, 2.24) is 10.6 Å². The molecule has 0 bridgehead atoms. The van der Waals surface area contributed by atoms with Gasteiger partial charge in [-0.15, -0.1) is 0 Å². The number of aliphatic imine (C=N–C) groups is 1. The Kier molecular flexibility index (Phi) is 7.70. The van der Waals surface area contributed by atoms with Crippen molar-refractivity contribution in [2.24, 2.45) is 4.99 Å². The van der Waals surface area contributed by atoms with Gasteiger partial charge in [-0.2, -0.15) is 0 Å². The van der Waals surface area contributed by atoms with Crippen LogP contribution in [0, 0.1) is 0 Å². The molecule has 0 radical (unpaired) electrons. The molecule has 1 unspecified atom stereocenters. The minimum absolute atomic E-state index is 0.281. The Morgan fingerprint density at radius 2 is 1.65 bits per heavy atom. The molecule has 3 rings (SSSR count). The van der Waals surface area contributed by atoms with Crippen LogP contribution < -0.4 is 34.5 Å². The standard InChI is InChI=1S/C23H32N4O4/c1-24-23(25-14-16-12-21(30-4)22(31-5)13-20(16)29-3)26-17-10-11-27(15-17)18-8-6-7-9-19(18)28-2/h6-9,12-13,17H,10-11,14-15H2,1-5H3,(H2,24,25,26). The van der Waals surface area contributed by atoms with Gasteiger partial charge in [0.15, 0.2) is 17.5 Å². The molecule has 8 nitrogen and oxygen atoms in total. The molecule has 0 aromatic heterocycles. The molecule has 1 aliphatic heterocycles. The van der Waals surface area contributed by atoms with E-state index in [-0.39, 0.29) is 6.04 Å². The van der Waals surface area contributed by atoms with Crippen LogP contribution in [0.25, 0.3) is 0 Å². The van der Waals surface area contributed by atoms with Gasteiger partial charge in [0, 0.05) is 44.4 Å². The van der Waals surface area contributed by atoms with Crippen LogP contribution in [0.3, 0.4) is 0 Å². The van der Waals surface area contributed by atoms with Gasteiger partial charge in [0.2, 0.25) is 0 Å². The summed E-state index contributed by atoms with van der Waals surface area (Å²) < 4.78 is 21.8. The number of para-hydroxylation sites is 2.